The summed E-state index contributed by atoms with van der Waals surface area (Å²) in [5.41, 5.74) is 0.988. The fourth-order valence-electron chi connectivity index (χ4n) is 1.61. The van der Waals surface area contributed by atoms with Crippen LogP contribution in [0.5, 0.6) is 0 Å². The van der Waals surface area contributed by atoms with Crippen molar-refractivity contribution in [2.45, 2.75) is 6.92 Å². The van der Waals surface area contributed by atoms with E-state index < -0.39 is 0 Å². The average molecular weight is 240 g/mol. The molecule has 0 saturated carbocycles. The van der Waals surface area contributed by atoms with E-state index in [1.165, 1.54) is 11.3 Å². The molecule has 1 saturated heterocycles. The molecule has 1 fully saturated rings. The molecule has 16 heavy (non-hydrogen) atoms. The minimum Gasteiger partial charge on any atom is -0.352 e. The Labute approximate surface area is 98.9 Å². The predicted molar refractivity (Wildman–Crippen MR) is 64.8 cm³/mol. The van der Waals surface area contributed by atoms with E-state index in [-0.39, 0.29) is 5.91 Å². The number of anilines is 1. The summed E-state index contributed by atoms with van der Waals surface area (Å²) < 4.78 is 0. The van der Waals surface area contributed by atoms with Gasteiger partial charge in [-0.1, -0.05) is 0 Å². The van der Waals surface area contributed by atoms with Crippen LogP contribution in [0.3, 0.4) is 0 Å². The van der Waals surface area contributed by atoms with Gasteiger partial charge in [0, 0.05) is 31.6 Å². The maximum Gasteiger partial charge on any atom is 0.242 e. The lowest BCUT2D eigenvalue weighted by Gasteiger charge is -2.27. The molecule has 1 aromatic heterocycles. The van der Waals surface area contributed by atoms with Gasteiger partial charge in [0.1, 0.15) is 0 Å². The number of hydrogen-bond donors (Lipinski definition) is 2. The Morgan fingerprint density at radius 2 is 2.38 bits per heavy atom. The third-order valence-electron chi connectivity index (χ3n) is 2.48. The lowest BCUT2D eigenvalue weighted by atomic mass is 10.3. The van der Waals surface area contributed by atoms with Gasteiger partial charge in [-0.3, -0.25) is 4.79 Å². The quantitative estimate of drug-likeness (QED) is 0.797. The van der Waals surface area contributed by atoms with Crippen molar-refractivity contribution >= 4 is 22.4 Å². The van der Waals surface area contributed by atoms with Gasteiger partial charge in [0.15, 0.2) is 5.13 Å². The molecule has 1 amide bonds. The molecular weight excluding hydrogens is 224 g/mol. The summed E-state index contributed by atoms with van der Waals surface area (Å²) in [4.78, 5) is 17.9. The van der Waals surface area contributed by atoms with Crippen molar-refractivity contribution in [1.29, 1.82) is 0 Å². The molecule has 2 rings (SSSR count). The molecule has 88 valence electrons. The molecule has 0 bridgehead atoms. The molecule has 5 nitrogen and oxygen atoms in total. The minimum absolute atomic E-state index is 0.148. The molecule has 0 aromatic carbocycles. The third-order valence-corrected chi connectivity index (χ3v) is 3.40. The van der Waals surface area contributed by atoms with E-state index in [0.717, 1.165) is 37.0 Å². The highest BCUT2D eigenvalue weighted by atomic mass is 32.1. The Morgan fingerprint density at radius 3 is 3.00 bits per heavy atom. The maximum absolute atomic E-state index is 11.8. The van der Waals surface area contributed by atoms with E-state index in [1.807, 2.05) is 17.2 Å². The number of rotatable bonds is 3. The van der Waals surface area contributed by atoms with Crippen molar-refractivity contribution in [3.8, 4) is 0 Å². The van der Waals surface area contributed by atoms with Gasteiger partial charge < -0.3 is 15.5 Å². The molecule has 6 heteroatoms. The largest absolute Gasteiger partial charge is 0.352 e. The first-order valence-electron chi connectivity index (χ1n) is 5.40. The van der Waals surface area contributed by atoms with Crippen LogP contribution in [0.15, 0.2) is 5.38 Å². The summed E-state index contributed by atoms with van der Waals surface area (Å²) in [6, 6.07) is 0. The van der Waals surface area contributed by atoms with Crippen molar-refractivity contribution in [1.82, 2.24) is 15.2 Å². The third kappa shape index (κ3) is 2.93. The summed E-state index contributed by atoms with van der Waals surface area (Å²) >= 11 is 1.53. The van der Waals surface area contributed by atoms with E-state index in [1.54, 1.807) is 0 Å². The van der Waals surface area contributed by atoms with Crippen LogP contribution < -0.4 is 10.6 Å². The Hall–Kier alpha value is -1.14. The number of aromatic nitrogens is 1. The minimum atomic E-state index is 0.148. The number of carbonyl (C=O) groups excluding carboxylic acids is 1. The Kier molecular flexibility index (Phi) is 3.74. The summed E-state index contributed by atoms with van der Waals surface area (Å²) in [5.74, 6) is 0.148. The van der Waals surface area contributed by atoms with Crippen LogP contribution in [0.2, 0.25) is 0 Å². The van der Waals surface area contributed by atoms with Gasteiger partial charge in [0.2, 0.25) is 5.91 Å². The number of thiazole rings is 1. The van der Waals surface area contributed by atoms with Crippen LogP contribution in [0.25, 0.3) is 0 Å². The van der Waals surface area contributed by atoms with Gasteiger partial charge in [0.25, 0.3) is 0 Å². The number of nitrogens with one attached hydrogen (secondary N) is 2. The van der Waals surface area contributed by atoms with Crippen LogP contribution >= 0.6 is 11.3 Å². The molecule has 1 aliphatic heterocycles. The Balaban J connectivity index is 1.78. The van der Waals surface area contributed by atoms with Gasteiger partial charge in [0.05, 0.1) is 12.2 Å². The van der Waals surface area contributed by atoms with Gasteiger partial charge in [-0.05, 0) is 6.92 Å². The highest BCUT2D eigenvalue weighted by molar-refractivity contribution is 7.13. The average Bonchev–Trinajstić information content (AvgIpc) is 2.73. The van der Waals surface area contributed by atoms with E-state index in [4.69, 9.17) is 0 Å². The molecule has 2 heterocycles. The molecule has 1 aliphatic rings. The highest BCUT2D eigenvalue weighted by Gasteiger charge is 2.15. The number of nitrogens with zero attached hydrogens (tertiary/aromatic N) is 2. The molecule has 0 atom stereocenters. The summed E-state index contributed by atoms with van der Waals surface area (Å²) in [6.45, 7) is 5.67. The normalized spacial score (nSPS) is 16.2. The van der Waals surface area contributed by atoms with Crippen LogP contribution in [0.1, 0.15) is 5.69 Å². The lowest BCUT2D eigenvalue weighted by molar-refractivity contribution is -0.129. The first-order chi connectivity index (χ1) is 7.75. The second-order valence-corrected chi connectivity index (χ2v) is 4.64. The van der Waals surface area contributed by atoms with Gasteiger partial charge in [-0.25, -0.2) is 4.98 Å². The van der Waals surface area contributed by atoms with Crippen LogP contribution in [-0.2, 0) is 4.79 Å². The van der Waals surface area contributed by atoms with Crippen molar-refractivity contribution < 1.29 is 4.79 Å². The zero-order valence-electron chi connectivity index (χ0n) is 9.32. The fraction of sp³-hybridized carbons (Fsp3) is 0.600. The smallest absolute Gasteiger partial charge is 0.242 e. The SMILES string of the molecule is Cc1csc(NCC(=O)N2CCNCC2)n1. The molecular formula is C10H16N4OS. The predicted octanol–water partition coefficient (Wildman–Crippen LogP) is 0.295. The van der Waals surface area contributed by atoms with Crippen molar-refractivity contribution in [2.24, 2.45) is 0 Å². The van der Waals surface area contributed by atoms with Gasteiger partial charge in [-0.15, -0.1) is 11.3 Å². The number of piperazine rings is 1. The molecule has 0 unspecified atom stereocenters. The van der Waals surface area contributed by atoms with Crippen LogP contribution in [-0.4, -0.2) is 48.5 Å². The summed E-state index contributed by atoms with van der Waals surface area (Å²) in [5, 5.41) is 9.07. The molecule has 0 spiro atoms. The Morgan fingerprint density at radius 1 is 1.62 bits per heavy atom. The Bertz CT molecular complexity index is 359. The fourth-order valence-corrected chi connectivity index (χ4v) is 2.30. The van der Waals surface area contributed by atoms with E-state index in [9.17, 15) is 4.79 Å². The first-order valence-corrected chi connectivity index (χ1v) is 6.28. The standard InChI is InChI=1S/C10H16N4OS/c1-8-7-16-10(13-8)12-6-9(15)14-4-2-11-3-5-14/h7,11H,2-6H2,1H3,(H,12,13). The summed E-state index contributed by atoms with van der Waals surface area (Å²) in [7, 11) is 0. The molecule has 0 radical (unpaired) electrons. The monoisotopic (exact) mass is 240 g/mol. The number of aryl methyl sites for hydroxylation is 1. The highest BCUT2D eigenvalue weighted by Crippen LogP contribution is 2.13. The summed E-state index contributed by atoms with van der Waals surface area (Å²) in [6.07, 6.45) is 0. The van der Waals surface area contributed by atoms with Crippen molar-refractivity contribution in [3.63, 3.8) is 0 Å². The second kappa shape index (κ2) is 5.27. The second-order valence-electron chi connectivity index (χ2n) is 3.78. The number of amides is 1. The van der Waals surface area contributed by atoms with Gasteiger partial charge in [-0.2, -0.15) is 0 Å². The topological polar surface area (TPSA) is 57.3 Å². The van der Waals surface area contributed by atoms with Crippen LogP contribution in [0.4, 0.5) is 5.13 Å². The molecule has 1 aromatic rings. The maximum atomic E-state index is 11.8. The number of hydrogen-bond acceptors (Lipinski definition) is 5. The lowest BCUT2D eigenvalue weighted by Crippen LogP contribution is -2.48. The zero-order chi connectivity index (χ0) is 11.4. The molecule has 0 aliphatic carbocycles. The van der Waals surface area contributed by atoms with Crippen molar-refractivity contribution in [3.05, 3.63) is 11.1 Å². The van der Waals surface area contributed by atoms with Gasteiger partial charge >= 0.3 is 0 Å². The van der Waals surface area contributed by atoms with E-state index >= 15 is 0 Å². The van der Waals surface area contributed by atoms with E-state index in [0.29, 0.717) is 6.54 Å². The van der Waals surface area contributed by atoms with E-state index in [2.05, 4.69) is 15.6 Å². The van der Waals surface area contributed by atoms with Crippen LogP contribution in [0, 0.1) is 6.92 Å². The molecule has 2 N–H and O–H groups in total. The zero-order valence-corrected chi connectivity index (χ0v) is 10.1. The number of carbonyl (C=O) groups is 1. The van der Waals surface area contributed by atoms with Crippen molar-refractivity contribution in [2.75, 3.05) is 38.0 Å². The first kappa shape index (κ1) is 11.3.